The largest absolute Gasteiger partial charge is 0.483 e. The normalized spacial score (nSPS) is 11.8. The number of aryl methyl sites for hydroxylation is 1. The molecule has 162 valence electrons. The van der Waals surface area contributed by atoms with Gasteiger partial charge in [-0.25, -0.2) is 4.79 Å². The van der Waals surface area contributed by atoms with E-state index in [2.05, 4.69) is 5.32 Å². The first-order valence-electron chi connectivity index (χ1n) is 10.3. The Morgan fingerprint density at radius 3 is 2.44 bits per heavy atom. The molecule has 3 aromatic carbocycles. The van der Waals surface area contributed by atoms with Crippen molar-refractivity contribution in [1.82, 2.24) is 5.32 Å². The van der Waals surface area contributed by atoms with Crippen LogP contribution in [0.15, 0.2) is 88.1 Å². The van der Waals surface area contributed by atoms with Crippen molar-refractivity contribution >= 4 is 16.9 Å². The zero-order valence-electron chi connectivity index (χ0n) is 17.6. The molecule has 0 radical (unpaired) electrons. The highest BCUT2D eigenvalue weighted by Crippen LogP contribution is 2.33. The van der Waals surface area contributed by atoms with Crippen LogP contribution in [0.5, 0.6) is 5.75 Å². The number of benzene rings is 3. The molecule has 2 N–H and O–H groups in total. The fourth-order valence-corrected chi connectivity index (χ4v) is 3.55. The highest BCUT2D eigenvalue weighted by Gasteiger charge is 2.15. The zero-order chi connectivity index (χ0) is 22.5. The number of aliphatic hydroxyl groups is 1. The Labute approximate surface area is 185 Å². The number of ether oxygens (including phenoxy) is 1. The standard InChI is InChI=1S/C26H23NO5/c1-17-23(31-16-24(29)27-15-22(28)19-10-6-3-7-11-19)13-12-20-21(14-25(30)32-26(17)20)18-8-4-2-5-9-18/h2-14,22,28H,15-16H2,1H3,(H,27,29)/t22-/m1/s1. The van der Waals surface area contributed by atoms with Crippen molar-refractivity contribution < 1.29 is 19.1 Å². The number of hydrogen-bond donors (Lipinski definition) is 2. The van der Waals surface area contributed by atoms with E-state index in [1.165, 1.54) is 6.07 Å². The van der Waals surface area contributed by atoms with Crippen molar-refractivity contribution in [1.29, 1.82) is 0 Å². The first kappa shape index (κ1) is 21.3. The quantitative estimate of drug-likeness (QED) is 0.434. The minimum atomic E-state index is -0.798. The maximum atomic E-state index is 12.2. The second-order valence-electron chi connectivity index (χ2n) is 7.43. The first-order valence-corrected chi connectivity index (χ1v) is 10.3. The van der Waals surface area contributed by atoms with Gasteiger partial charge in [0.25, 0.3) is 5.91 Å². The topological polar surface area (TPSA) is 88.8 Å². The molecule has 0 spiro atoms. The lowest BCUT2D eigenvalue weighted by Gasteiger charge is -2.14. The number of fused-ring (bicyclic) bond motifs is 1. The minimum absolute atomic E-state index is 0.0816. The molecule has 0 fully saturated rings. The molecule has 6 nitrogen and oxygen atoms in total. The average Bonchev–Trinajstić information content (AvgIpc) is 2.83. The Hall–Kier alpha value is -3.90. The SMILES string of the molecule is Cc1c(OCC(=O)NC[C@@H](O)c2ccccc2)ccc2c(-c3ccccc3)cc(=O)oc12. The molecular weight excluding hydrogens is 406 g/mol. The summed E-state index contributed by atoms with van der Waals surface area (Å²) in [4.78, 5) is 24.4. The molecule has 0 aliphatic rings. The Bertz CT molecular complexity index is 1280. The summed E-state index contributed by atoms with van der Waals surface area (Å²) >= 11 is 0. The molecule has 1 amide bonds. The van der Waals surface area contributed by atoms with Gasteiger partial charge in [0.05, 0.1) is 6.10 Å². The van der Waals surface area contributed by atoms with Crippen LogP contribution in [0.25, 0.3) is 22.1 Å². The molecule has 1 atom stereocenters. The summed E-state index contributed by atoms with van der Waals surface area (Å²) in [5.74, 6) is 0.0867. The van der Waals surface area contributed by atoms with Gasteiger partial charge < -0.3 is 19.6 Å². The molecule has 4 aromatic rings. The fourth-order valence-electron chi connectivity index (χ4n) is 3.55. The highest BCUT2D eigenvalue weighted by molar-refractivity contribution is 5.95. The molecule has 1 heterocycles. The Morgan fingerprint density at radius 1 is 1.03 bits per heavy atom. The average molecular weight is 429 g/mol. The van der Waals surface area contributed by atoms with Gasteiger partial charge in [0.1, 0.15) is 11.3 Å². The van der Waals surface area contributed by atoms with Crippen molar-refractivity contribution in [2.45, 2.75) is 13.0 Å². The molecule has 0 aliphatic carbocycles. The lowest BCUT2D eigenvalue weighted by molar-refractivity contribution is -0.123. The van der Waals surface area contributed by atoms with Gasteiger partial charge in [-0.3, -0.25) is 4.79 Å². The number of carbonyl (C=O) groups is 1. The van der Waals surface area contributed by atoms with Crippen molar-refractivity contribution in [3.63, 3.8) is 0 Å². The number of rotatable bonds is 7. The van der Waals surface area contributed by atoms with Crippen LogP contribution in [0.4, 0.5) is 0 Å². The predicted molar refractivity (Wildman–Crippen MR) is 123 cm³/mol. The van der Waals surface area contributed by atoms with E-state index in [1.807, 2.05) is 54.6 Å². The van der Waals surface area contributed by atoms with Gasteiger partial charge in [-0.15, -0.1) is 0 Å². The molecule has 0 saturated heterocycles. The monoisotopic (exact) mass is 429 g/mol. The Morgan fingerprint density at radius 2 is 1.72 bits per heavy atom. The Balaban J connectivity index is 1.47. The predicted octanol–water partition coefficient (Wildman–Crippen LogP) is 4.00. The number of aliphatic hydroxyl groups excluding tert-OH is 1. The number of hydrogen-bond acceptors (Lipinski definition) is 5. The van der Waals surface area contributed by atoms with Gasteiger partial charge in [0.15, 0.2) is 6.61 Å². The molecule has 32 heavy (non-hydrogen) atoms. The number of amides is 1. The lowest BCUT2D eigenvalue weighted by atomic mass is 10.0. The van der Waals surface area contributed by atoms with E-state index in [0.717, 1.165) is 22.1 Å². The van der Waals surface area contributed by atoms with E-state index >= 15 is 0 Å². The summed E-state index contributed by atoms with van der Waals surface area (Å²) in [6, 6.07) is 23.8. The lowest BCUT2D eigenvalue weighted by Crippen LogP contribution is -2.32. The molecule has 1 aromatic heterocycles. The summed E-state index contributed by atoms with van der Waals surface area (Å²) in [7, 11) is 0. The molecular formula is C26H23NO5. The van der Waals surface area contributed by atoms with Crippen LogP contribution in [0.3, 0.4) is 0 Å². The van der Waals surface area contributed by atoms with Crippen LogP contribution >= 0.6 is 0 Å². The number of carbonyl (C=O) groups excluding carboxylic acids is 1. The van der Waals surface area contributed by atoms with Crippen molar-refractivity contribution in [3.8, 4) is 16.9 Å². The van der Waals surface area contributed by atoms with Gasteiger partial charge in [-0.1, -0.05) is 60.7 Å². The van der Waals surface area contributed by atoms with Crippen LogP contribution in [0, 0.1) is 6.92 Å². The number of nitrogens with one attached hydrogen (secondary N) is 1. The fraction of sp³-hybridized carbons (Fsp3) is 0.154. The van der Waals surface area contributed by atoms with Crippen molar-refractivity contribution in [2.24, 2.45) is 0 Å². The minimum Gasteiger partial charge on any atom is -0.483 e. The van der Waals surface area contributed by atoms with Gasteiger partial charge >= 0.3 is 5.63 Å². The summed E-state index contributed by atoms with van der Waals surface area (Å²) in [5.41, 5.74) is 3.02. The van der Waals surface area contributed by atoms with E-state index in [-0.39, 0.29) is 19.1 Å². The van der Waals surface area contributed by atoms with Crippen molar-refractivity contribution in [2.75, 3.05) is 13.2 Å². The van der Waals surface area contributed by atoms with Crippen LogP contribution in [0.1, 0.15) is 17.2 Å². The highest BCUT2D eigenvalue weighted by atomic mass is 16.5. The summed E-state index contributed by atoms with van der Waals surface area (Å²) in [6.07, 6.45) is -0.798. The molecule has 6 heteroatoms. The maximum absolute atomic E-state index is 12.2. The third-order valence-electron chi connectivity index (χ3n) is 5.23. The molecule has 0 bridgehead atoms. The van der Waals surface area contributed by atoms with E-state index in [0.29, 0.717) is 16.9 Å². The summed E-state index contributed by atoms with van der Waals surface area (Å²) in [6.45, 7) is 1.64. The molecule has 0 aliphatic heterocycles. The Kier molecular flexibility index (Phi) is 6.33. The van der Waals surface area contributed by atoms with E-state index < -0.39 is 11.7 Å². The third kappa shape index (κ3) is 4.71. The molecule has 4 rings (SSSR count). The first-order chi connectivity index (χ1) is 15.5. The molecule has 0 saturated carbocycles. The second-order valence-corrected chi connectivity index (χ2v) is 7.43. The van der Waals surface area contributed by atoms with Crippen LogP contribution < -0.4 is 15.7 Å². The zero-order valence-corrected chi connectivity index (χ0v) is 17.6. The van der Waals surface area contributed by atoms with Crippen LogP contribution in [-0.2, 0) is 4.79 Å². The summed E-state index contributed by atoms with van der Waals surface area (Å²) < 4.78 is 11.1. The van der Waals surface area contributed by atoms with Crippen LogP contribution in [-0.4, -0.2) is 24.2 Å². The van der Waals surface area contributed by atoms with Crippen molar-refractivity contribution in [3.05, 3.63) is 100 Å². The second kappa shape index (κ2) is 9.49. The van der Waals surface area contributed by atoms with Gasteiger partial charge in [-0.05, 0) is 35.7 Å². The van der Waals surface area contributed by atoms with Gasteiger partial charge in [0, 0.05) is 23.6 Å². The van der Waals surface area contributed by atoms with E-state index in [4.69, 9.17) is 9.15 Å². The third-order valence-corrected chi connectivity index (χ3v) is 5.23. The van der Waals surface area contributed by atoms with Gasteiger partial charge in [-0.2, -0.15) is 0 Å². The van der Waals surface area contributed by atoms with E-state index in [9.17, 15) is 14.7 Å². The smallest absolute Gasteiger partial charge is 0.336 e. The maximum Gasteiger partial charge on any atom is 0.336 e. The van der Waals surface area contributed by atoms with E-state index in [1.54, 1.807) is 25.1 Å². The molecule has 0 unspecified atom stereocenters. The van der Waals surface area contributed by atoms with Gasteiger partial charge in [0.2, 0.25) is 0 Å². The summed E-state index contributed by atoms with van der Waals surface area (Å²) in [5, 5.41) is 13.6. The van der Waals surface area contributed by atoms with Crippen LogP contribution in [0.2, 0.25) is 0 Å².